The summed E-state index contributed by atoms with van der Waals surface area (Å²) in [5, 5.41) is 12.3. The number of hydrogen-bond donors (Lipinski definition) is 2. The molecule has 1 unspecified atom stereocenters. The molecule has 1 aromatic carbocycles. The SMILES string of the molecule is CC(C)NC(C(=O)O)c1ccc(C2CC2)cc1. The molecule has 17 heavy (non-hydrogen) atoms. The molecule has 0 saturated heterocycles. The van der Waals surface area contributed by atoms with Gasteiger partial charge in [-0.2, -0.15) is 0 Å². The molecule has 1 atom stereocenters. The van der Waals surface area contributed by atoms with E-state index in [0.717, 1.165) is 5.56 Å². The minimum atomic E-state index is -0.821. The van der Waals surface area contributed by atoms with Gasteiger partial charge in [0.15, 0.2) is 0 Å². The Morgan fingerprint density at radius 2 is 1.88 bits per heavy atom. The molecule has 2 rings (SSSR count). The van der Waals surface area contributed by atoms with Crippen molar-refractivity contribution in [3.8, 4) is 0 Å². The van der Waals surface area contributed by atoms with Gasteiger partial charge in [-0.15, -0.1) is 0 Å². The number of hydrogen-bond acceptors (Lipinski definition) is 2. The van der Waals surface area contributed by atoms with E-state index in [1.54, 1.807) is 0 Å². The zero-order valence-corrected chi connectivity index (χ0v) is 10.3. The predicted octanol–water partition coefficient (Wildman–Crippen LogP) is 2.69. The number of nitrogens with one attached hydrogen (secondary N) is 1. The summed E-state index contributed by atoms with van der Waals surface area (Å²) in [7, 11) is 0. The van der Waals surface area contributed by atoms with Gasteiger partial charge in [0.25, 0.3) is 0 Å². The molecular formula is C14H19NO2. The number of aliphatic carboxylic acids is 1. The number of carboxylic acid groups (broad SMARTS) is 1. The third-order valence-corrected chi connectivity index (χ3v) is 3.07. The van der Waals surface area contributed by atoms with Gasteiger partial charge in [0, 0.05) is 6.04 Å². The summed E-state index contributed by atoms with van der Waals surface area (Å²) in [5.74, 6) is -0.108. The van der Waals surface area contributed by atoms with E-state index in [-0.39, 0.29) is 6.04 Å². The maximum Gasteiger partial charge on any atom is 0.325 e. The van der Waals surface area contributed by atoms with Crippen molar-refractivity contribution in [3.05, 3.63) is 35.4 Å². The second-order valence-corrected chi connectivity index (χ2v) is 5.03. The molecule has 0 amide bonds. The molecule has 3 heteroatoms. The monoisotopic (exact) mass is 233 g/mol. The highest BCUT2D eigenvalue weighted by Gasteiger charge is 2.24. The van der Waals surface area contributed by atoms with Crippen molar-refractivity contribution in [2.45, 2.75) is 44.7 Å². The lowest BCUT2D eigenvalue weighted by Gasteiger charge is -2.17. The van der Waals surface area contributed by atoms with E-state index >= 15 is 0 Å². The van der Waals surface area contributed by atoms with Crippen LogP contribution in [0.5, 0.6) is 0 Å². The molecule has 0 aliphatic heterocycles. The largest absolute Gasteiger partial charge is 0.480 e. The quantitative estimate of drug-likeness (QED) is 0.822. The van der Waals surface area contributed by atoms with E-state index in [0.29, 0.717) is 5.92 Å². The van der Waals surface area contributed by atoms with Crippen LogP contribution in [-0.2, 0) is 4.79 Å². The Bertz CT molecular complexity index is 393. The molecule has 1 aliphatic rings. The van der Waals surface area contributed by atoms with Crippen molar-refractivity contribution >= 4 is 5.97 Å². The van der Waals surface area contributed by atoms with Crippen LogP contribution in [0.2, 0.25) is 0 Å². The third-order valence-electron chi connectivity index (χ3n) is 3.07. The minimum Gasteiger partial charge on any atom is -0.480 e. The highest BCUT2D eigenvalue weighted by molar-refractivity contribution is 5.75. The fourth-order valence-electron chi connectivity index (χ4n) is 2.02. The van der Waals surface area contributed by atoms with Crippen LogP contribution in [0.1, 0.15) is 49.8 Å². The normalized spacial score (nSPS) is 17.1. The van der Waals surface area contributed by atoms with Crippen molar-refractivity contribution in [1.29, 1.82) is 0 Å². The number of benzene rings is 1. The average molecular weight is 233 g/mol. The smallest absolute Gasteiger partial charge is 0.325 e. The van der Waals surface area contributed by atoms with E-state index in [9.17, 15) is 9.90 Å². The Morgan fingerprint density at radius 3 is 2.29 bits per heavy atom. The molecule has 0 heterocycles. The van der Waals surface area contributed by atoms with E-state index in [2.05, 4.69) is 17.4 Å². The van der Waals surface area contributed by atoms with Crippen LogP contribution < -0.4 is 5.32 Å². The van der Waals surface area contributed by atoms with E-state index in [1.165, 1.54) is 18.4 Å². The maximum atomic E-state index is 11.2. The molecule has 1 aromatic rings. The van der Waals surface area contributed by atoms with Crippen LogP contribution in [0.25, 0.3) is 0 Å². The summed E-state index contributed by atoms with van der Waals surface area (Å²) < 4.78 is 0. The summed E-state index contributed by atoms with van der Waals surface area (Å²) in [6, 6.07) is 7.53. The van der Waals surface area contributed by atoms with Gasteiger partial charge < -0.3 is 5.11 Å². The molecule has 2 N–H and O–H groups in total. The third kappa shape index (κ3) is 3.07. The minimum absolute atomic E-state index is 0.152. The van der Waals surface area contributed by atoms with Crippen LogP contribution in [-0.4, -0.2) is 17.1 Å². The Kier molecular flexibility index (Phi) is 3.48. The van der Waals surface area contributed by atoms with Crippen molar-refractivity contribution < 1.29 is 9.90 Å². The molecule has 1 fully saturated rings. The first-order valence-corrected chi connectivity index (χ1v) is 6.16. The van der Waals surface area contributed by atoms with Crippen LogP contribution in [0.4, 0.5) is 0 Å². The lowest BCUT2D eigenvalue weighted by Crippen LogP contribution is -2.33. The molecule has 0 spiro atoms. The molecule has 0 bridgehead atoms. The fraction of sp³-hybridized carbons (Fsp3) is 0.500. The van der Waals surface area contributed by atoms with E-state index in [4.69, 9.17) is 0 Å². The van der Waals surface area contributed by atoms with Crippen molar-refractivity contribution in [1.82, 2.24) is 5.32 Å². The van der Waals surface area contributed by atoms with Gasteiger partial charge >= 0.3 is 5.97 Å². The number of carboxylic acids is 1. The second kappa shape index (κ2) is 4.88. The summed E-state index contributed by atoms with van der Waals surface area (Å²) in [4.78, 5) is 11.2. The van der Waals surface area contributed by atoms with Gasteiger partial charge in [-0.3, -0.25) is 10.1 Å². The van der Waals surface area contributed by atoms with Crippen molar-refractivity contribution in [2.75, 3.05) is 0 Å². The second-order valence-electron chi connectivity index (χ2n) is 5.03. The van der Waals surface area contributed by atoms with Gasteiger partial charge in [-0.05, 0) is 43.7 Å². The first-order chi connectivity index (χ1) is 8.08. The van der Waals surface area contributed by atoms with Crippen LogP contribution in [0, 0.1) is 0 Å². The van der Waals surface area contributed by atoms with Crippen LogP contribution in [0.15, 0.2) is 24.3 Å². The molecule has 92 valence electrons. The Morgan fingerprint density at radius 1 is 1.29 bits per heavy atom. The van der Waals surface area contributed by atoms with Crippen LogP contribution in [0.3, 0.4) is 0 Å². The Hall–Kier alpha value is -1.35. The molecule has 0 aromatic heterocycles. The lowest BCUT2D eigenvalue weighted by molar-refractivity contribution is -0.139. The summed E-state index contributed by atoms with van der Waals surface area (Å²) in [6.45, 7) is 3.91. The van der Waals surface area contributed by atoms with Gasteiger partial charge in [-0.1, -0.05) is 24.3 Å². The fourth-order valence-corrected chi connectivity index (χ4v) is 2.02. The van der Waals surface area contributed by atoms with E-state index in [1.807, 2.05) is 26.0 Å². The molecular weight excluding hydrogens is 214 g/mol. The first-order valence-electron chi connectivity index (χ1n) is 6.16. The van der Waals surface area contributed by atoms with Gasteiger partial charge in [0.1, 0.15) is 6.04 Å². The highest BCUT2D eigenvalue weighted by atomic mass is 16.4. The lowest BCUT2D eigenvalue weighted by atomic mass is 10.0. The topological polar surface area (TPSA) is 49.3 Å². The first kappa shape index (κ1) is 12.1. The van der Waals surface area contributed by atoms with Gasteiger partial charge in [-0.25, -0.2) is 0 Å². The van der Waals surface area contributed by atoms with Crippen molar-refractivity contribution in [2.24, 2.45) is 0 Å². The number of carbonyl (C=O) groups is 1. The zero-order chi connectivity index (χ0) is 12.4. The molecule has 0 radical (unpaired) electrons. The van der Waals surface area contributed by atoms with Crippen LogP contribution >= 0.6 is 0 Å². The molecule has 1 aliphatic carbocycles. The summed E-state index contributed by atoms with van der Waals surface area (Å²) in [6.07, 6.45) is 2.54. The highest BCUT2D eigenvalue weighted by Crippen LogP contribution is 2.40. The maximum absolute atomic E-state index is 11.2. The Labute approximate surface area is 102 Å². The summed E-state index contributed by atoms with van der Waals surface area (Å²) >= 11 is 0. The average Bonchev–Trinajstić information content (AvgIpc) is 3.09. The van der Waals surface area contributed by atoms with E-state index < -0.39 is 12.0 Å². The Balaban J connectivity index is 2.14. The summed E-state index contributed by atoms with van der Waals surface area (Å²) in [5.41, 5.74) is 2.16. The van der Waals surface area contributed by atoms with Crippen molar-refractivity contribution in [3.63, 3.8) is 0 Å². The van der Waals surface area contributed by atoms with Gasteiger partial charge in [0.05, 0.1) is 0 Å². The predicted molar refractivity (Wildman–Crippen MR) is 67.1 cm³/mol. The number of rotatable bonds is 5. The van der Waals surface area contributed by atoms with Gasteiger partial charge in [0.2, 0.25) is 0 Å². The standard InChI is InChI=1S/C14H19NO2/c1-9(2)15-13(14(16)17)12-7-5-11(6-8-12)10-3-4-10/h5-10,13,15H,3-4H2,1-2H3,(H,16,17). The zero-order valence-electron chi connectivity index (χ0n) is 10.3. The molecule has 1 saturated carbocycles. The molecule has 3 nitrogen and oxygen atoms in total.